The highest BCUT2D eigenvalue weighted by Gasteiger charge is 2.23. The standard InChI is InChI=1S/2C28H27FN2OS.C24H27FN2OS.C21H21FN2OS/c1-21(32)27-20-33-28(30-27)19-31(18-24-14-8-9-15-26(24)29)17-16-25(22-10-4-2-5-11-22)23-12-6-3-7-13-23;1-21(32)27-20-33-28(30-27)19-31(18-22-12-14-25(29)15-13-22)17-16-26(23-8-4-2-5-9-23)24-10-6-3-7-11-24;1-17(28)22-16-29-23(26-22)15-27(14-19-7-11-21(25)12-8-19)13-18-5-9-20(10-6-18)24(2,3)4;1-15-3-5-17(6-4-15)11-24(12-18-7-9-19(22)10-8-18)13-21-23-20(14-26-21)16(2)25/h2-15,20,25H,16-19H2,1H3;2-15,20,26H,16-19H2,1H3;5-12,16H,13-15H2,1-4H3;3-10,14H,11-13H2,1-2H3. The quantitative estimate of drug-likeness (QED) is 0.0281. The Morgan fingerprint density at radius 2 is 0.570 bits per heavy atom. The zero-order chi connectivity index (χ0) is 85.6. The topological polar surface area (TPSA) is 133 Å². The number of ketones is 4. The molecule has 0 aliphatic rings. The molecule has 12 nitrogen and oxygen atoms in total. The molecule has 0 radical (unpaired) electrons. The maximum absolute atomic E-state index is 14.4. The molecule has 0 aliphatic carbocycles. The summed E-state index contributed by atoms with van der Waals surface area (Å²) in [5.41, 5.74) is 16.0. The van der Waals surface area contributed by atoms with Crippen molar-refractivity contribution in [3.63, 3.8) is 0 Å². The van der Waals surface area contributed by atoms with E-state index in [2.05, 4.69) is 213 Å². The van der Waals surface area contributed by atoms with Crippen LogP contribution in [0.2, 0.25) is 0 Å². The molecule has 0 unspecified atom stereocenters. The predicted molar refractivity (Wildman–Crippen MR) is 483 cm³/mol. The van der Waals surface area contributed by atoms with Crippen molar-refractivity contribution in [2.75, 3.05) is 13.1 Å². The SMILES string of the molecule is CC(=O)c1csc(CN(CCC(c2ccccc2)c2ccccc2)Cc2ccc(F)cc2)n1.CC(=O)c1csc(CN(CCC(c2ccccc2)c2ccccc2)Cc2ccccc2F)n1.CC(=O)c1csc(CN(Cc2ccc(C)cc2)Cc2ccc(F)cc2)n1.CC(=O)c1csc(CN(Cc2ccc(F)cc2)Cc2ccc(C(C)(C)C)cc2)n1. The molecule has 0 spiro atoms. The zero-order valence-electron chi connectivity index (χ0n) is 69.6. The van der Waals surface area contributed by atoms with E-state index >= 15 is 0 Å². The average molecular weight is 1700 g/mol. The summed E-state index contributed by atoms with van der Waals surface area (Å²) in [6.07, 6.45) is 1.81. The summed E-state index contributed by atoms with van der Waals surface area (Å²) in [7, 11) is 0. The molecule has 0 saturated heterocycles. The van der Waals surface area contributed by atoms with Crippen LogP contribution < -0.4 is 0 Å². The summed E-state index contributed by atoms with van der Waals surface area (Å²) in [4.78, 5) is 73.4. The molecule has 0 aliphatic heterocycles. The normalized spacial score (nSPS) is 11.4. The third-order valence-corrected chi connectivity index (χ3v) is 23.8. The lowest BCUT2D eigenvalue weighted by Crippen LogP contribution is -2.26. The molecule has 20 heteroatoms. The van der Waals surface area contributed by atoms with Gasteiger partial charge in [0.15, 0.2) is 23.1 Å². The summed E-state index contributed by atoms with van der Waals surface area (Å²) >= 11 is 5.99. The highest BCUT2D eigenvalue weighted by molar-refractivity contribution is 7.10. The maximum Gasteiger partial charge on any atom is 0.178 e. The number of halogens is 4. The Kier molecular flexibility index (Phi) is 34.2. The Morgan fingerprint density at radius 3 is 0.851 bits per heavy atom. The Bertz CT molecular complexity index is 5410. The Morgan fingerprint density at radius 1 is 0.314 bits per heavy atom. The lowest BCUT2D eigenvalue weighted by Gasteiger charge is -2.25. The smallest absolute Gasteiger partial charge is 0.178 e. The molecule has 14 aromatic rings. The molecular weight excluding hydrogens is 1590 g/mol. The molecule has 10 aromatic carbocycles. The van der Waals surface area contributed by atoms with E-state index in [0.29, 0.717) is 80.7 Å². The summed E-state index contributed by atoms with van der Waals surface area (Å²) < 4.78 is 54.3. The summed E-state index contributed by atoms with van der Waals surface area (Å²) in [5.74, 6) is -0.479. The van der Waals surface area contributed by atoms with E-state index in [1.807, 2.05) is 71.4 Å². The molecule has 0 amide bonds. The van der Waals surface area contributed by atoms with Gasteiger partial charge < -0.3 is 0 Å². The zero-order valence-corrected chi connectivity index (χ0v) is 72.9. The first-order valence-electron chi connectivity index (χ1n) is 40.4. The highest BCUT2D eigenvalue weighted by Crippen LogP contribution is 2.33. The van der Waals surface area contributed by atoms with E-state index in [4.69, 9.17) is 0 Å². The van der Waals surface area contributed by atoms with Crippen molar-refractivity contribution in [1.29, 1.82) is 0 Å². The van der Waals surface area contributed by atoms with Gasteiger partial charge in [-0.1, -0.05) is 251 Å². The summed E-state index contributed by atoms with van der Waals surface area (Å²) in [5, 5.41) is 10.8. The van der Waals surface area contributed by atoms with Crippen molar-refractivity contribution >= 4 is 68.5 Å². The van der Waals surface area contributed by atoms with Crippen molar-refractivity contribution < 1.29 is 36.7 Å². The minimum absolute atomic E-state index is 0.0175. The number of Topliss-reactive ketones (excluding diaryl/α,β-unsaturated/α-hetero) is 4. The van der Waals surface area contributed by atoms with Gasteiger partial charge in [-0.25, -0.2) is 37.5 Å². The fraction of sp³-hybridized carbons (Fsp3) is 0.248. The van der Waals surface area contributed by atoms with E-state index in [-0.39, 0.29) is 63.7 Å². The molecule has 622 valence electrons. The molecule has 0 saturated carbocycles. The third-order valence-electron chi connectivity index (χ3n) is 20.4. The molecule has 14 rings (SSSR count). The number of carbonyl (C=O) groups excluding carboxylic acids is 4. The number of thiazole rings is 4. The van der Waals surface area contributed by atoms with Gasteiger partial charge in [0.05, 0.1) is 26.2 Å². The van der Waals surface area contributed by atoms with E-state index in [1.165, 1.54) is 153 Å². The molecule has 0 fully saturated rings. The van der Waals surface area contributed by atoms with Crippen LogP contribution in [0.25, 0.3) is 0 Å². The number of aryl methyl sites for hydroxylation is 1. The van der Waals surface area contributed by atoms with Gasteiger partial charge in [-0.2, -0.15) is 0 Å². The van der Waals surface area contributed by atoms with Crippen molar-refractivity contribution in [3.05, 3.63) is 421 Å². The summed E-state index contributed by atoms with van der Waals surface area (Å²) in [6.45, 7) is 22.9. The van der Waals surface area contributed by atoms with Gasteiger partial charge in [0.1, 0.15) is 66.1 Å². The van der Waals surface area contributed by atoms with Crippen LogP contribution in [-0.2, 0) is 70.9 Å². The van der Waals surface area contributed by atoms with Crippen LogP contribution in [0.4, 0.5) is 17.6 Å². The number of aromatic nitrogens is 4. The fourth-order valence-corrected chi connectivity index (χ4v) is 17.4. The van der Waals surface area contributed by atoms with Crippen LogP contribution >= 0.6 is 45.3 Å². The minimum Gasteiger partial charge on any atom is -0.293 e. The van der Waals surface area contributed by atoms with Crippen LogP contribution in [0.5, 0.6) is 0 Å². The van der Waals surface area contributed by atoms with E-state index < -0.39 is 0 Å². The van der Waals surface area contributed by atoms with Gasteiger partial charge in [-0.05, 0) is 136 Å². The second-order valence-corrected chi connectivity index (χ2v) is 34.9. The number of benzene rings is 10. The largest absolute Gasteiger partial charge is 0.293 e. The number of nitrogens with zero attached hydrogens (tertiary/aromatic N) is 8. The Labute approximate surface area is 725 Å². The van der Waals surface area contributed by atoms with Gasteiger partial charge in [0, 0.05) is 106 Å². The van der Waals surface area contributed by atoms with Crippen molar-refractivity contribution in [2.24, 2.45) is 0 Å². The average Bonchev–Trinajstić information content (AvgIpc) is 1.31. The first-order chi connectivity index (χ1) is 58.4. The first-order valence-corrected chi connectivity index (χ1v) is 43.9. The molecule has 4 heterocycles. The van der Waals surface area contributed by atoms with Crippen LogP contribution in [0.3, 0.4) is 0 Å². The van der Waals surface area contributed by atoms with Crippen molar-refractivity contribution in [1.82, 2.24) is 39.5 Å². The Balaban J connectivity index is 0.000000158. The van der Waals surface area contributed by atoms with Crippen LogP contribution in [0.1, 0.15) is 202 Å². The number of carbonyl (C=O) groups is 4. The maximum atomic E-state index is 14.4. The molecule has 0 bridgehead atoms. The number of hydrogen-bond donors (Lipinski definition) is 0. The fourth-order valence-electron chi connectivity index (χ4n) is 13.9. The lowest BCUT2D eigenvalue weighted by atomic mass is 9.87. The van der Waals surface area contributed by atoms with Crippen molar-refractivity contribution in [3.8, 4) is 0 Å². The second-order valence-electron chi connectivity index (χ2n) is 31.2. The monoisotopic (exact) mass is 1690 g/mol. The van der Waals surface area contributed by atoms with Gasteiger partial charge in [0.2, 0.25) is 0 Å². The molecule has 0 N–H and O–H groups in total. The second kappa shape index (κ2) is 45.6. The third kappa shape index (κ3) is 29.4. The highest BCUT2D eigenvalue weighted by atomic mass is 32.1. The van der Waals surface area contributed by atoms with Gasteiger partial charge in [-0.15, -0.1) is 45.3 Å². The van der Waals surface area contributed by atoms with E-state index in [1.54, 1.807) is 35.9 Å². The van der Waals surface area contributed by atoms with E-state index in [9.17, 15) is 36.7 Å². The lowest BCUT2D eigenvalue weighted by molar-refractivity contribution is 0.100. The van der Waals surface area contributed by atoms with E-state index in [0.717, 1.165) is 75.7 Å². The number of rotatable bonds is 34. The van der Waals surface area contributed by atoms with Crippen molar-refractivity contribution in [2.45, 2.75) is 151 Å². The van der Waals surface area contributed by atoms with Crippen LogP contribution in [-0.4, -0.2) is 75.8 Å². The predicted octanol–water partition coefficient (Wildman–Crippen LogP) is 24.4. The van der Waals surface area contributed by atoms with Crippen LogP contribution in [0.15, 0.2) is 288 Å². The van der Waals surface area contributed by atoms with Crippen LogP contribution in [0, 0.1) is 30.2 Å². The van der Waals surface area contributed by atoms with Gasteiger partial charge in [-0.3, -0.25) is 38.8 Å². The summed E-state index contributed by atoms with van der Waals surface area (Å²) in [6, 6.07) is 86.1. The number of hydrogen-bond acceptors (Lipinski definition) is 16. The molecule has 4 aromatic heterocycles. The van der Waals surface area contributed by atoms with Gasteiger partial charge in [0.25, 0.3) is 0 Å². The van der Waals surface area contributed by atoms with Gasteiger partial charge >= 0.3 is 0 Å². The Hall–Kier alpha value is -11.0. The molecule has 0 atom stereocenters. The first kappa shape index (κ1) is 90.7. The molecular formula is C101H102F4N8O4S4. The molecule has 121 heavy (non-hydrogen) atoms. The minimum atomic E-state index is -0.232.